The zero-order valence-corrected chi connectivity index (χ0v) is 5.05. The number of amides is 1. The van der Waals surface area contributed by atoms with Crippen LogP contribution in [0.15, 0.2) is 0 Å². The van der Waals surface area contributed by atoms with E-state index >= 15 is 0 Å². The average Bonchev–Trinajstić information content (AvgIpc) is 1.85. The summed E-state index contributed by atoms with van der Waals surface area (Å²) >= 11 is 0. The van der Waals surface area contributed by atoms with Crippen molar-refractivity contribution in [1.82, 2.24) is 5.32 Å². The van der Waals surface area contributed by atoms with Crippen molar-refractivity contribution < 1.29 is 4.79 Å². The second-order valence-electron chi connectivity index (χ2n) is 1.55. The van der Waals surface area contributed by atoms with Crippen LogP contribution in [0.4, 0.5) is 0 Å². The maximum absolute atomic E-state index is 10.4. The molecule has 4 heteroatoms. The van der Waals surface area contributed by atoms with Crippen LogP contribution >= 0.6 is 0 Å². The molecular formula is C5H9N3O. The topological polar surface area (TPSA) is 78.9 Å². The number of carbonyl (C=O) groups is 1. The molecule has 3 N–H and O–H groups in total. The molecule has 4 nitrogen and oxygen atoms in total. The zero-order chi connectivity index (χ0) is 7.11. The Morgan fingerprint density at radius 3 is 2.89 bits per heavy atom. The lowest BCUT2D eigenvalue weighted by Gasteiger charge is -1.92. The van der Waals surface area contributed by atoms with Gasteiger partial charge < -0.3 is 5.73 Å². The Kier molecular flexibility index (Phi) is 4.46. The van der Waals surface area contributed by atoms with E-state index in [0.29, 0.717) is 19.4 Å². The second kappa shape index (κ2) is 5.06. The summed E-state index contributed by atoms with van der Waals surface area (Å²) < 4.78 is 0. The van der Waals surface area contributed by atoms with Crippen LogP contribution in [-0.4, -0.2) is 12.5 Å². The number of hydrogen-bond donors (Lipinski definition) is 2. The van der Waals surface area contributed by atoms with Gasteiger partial charge in [-0.3, -0.25) is 10.1 Å². The van der Waals surface area contributed by atoms with Crippen molar-refractivity contribution in [2.24, 2.45) is 5.73 Å². The van der Waals surface area contributed by atoms with E-state index in [1.54, 1.807) is 0 Å². The van der Waals surface area contributed by atoms with Gasteiger partial charge in [0.15, 0.2) is 6.19 Å². The maximum Gasteiger partial charge on any atom is 0.233 e. The predicted molar refractivity (Wildman–Crippen MR) is 32.0 cm³/mol. The molecule has 0 aliphatic carbocycles. The largest absolute Gasteiger partial charge is 0.330 e. The van der Waals surface area contributed by atoms with E-state index in [1.807, 2.05) is 5.32 Å². The van der Waals surface area contributed by atoms with Gasteiger partial charge in [-0.15, -0.1) is 0 Å². The summed E-state index contributed by atoms with van der Waals surface area (Å²) in [5, 5.41) is 9.91. The Bertz CT molecular complexity index is 127. The van der Waals surface area contributed by atoms with Crippen LogP contribution in [-0.2, 0) is 4.79 Å². The fourth-order valence-corrected chi connectivity index (χ4v) is 0.387. The van der Waals surface area contributed by atoms with E-state index in [9.17, 15) is 4.79 Å². The molecule has 0 fully saturated rings. The van der Waals surface area contributed by atoms with Gasteiger partial charge in [-0.1, -0.05) is 0 Å². The molecule has 0 saturated heterocycles. The summed E-state index contributed by atoms with van der Waals surface area (Å²) in [4.78, 5) is 10.4. The summed E-state index contributed by atoms with van der Waals surface area (Å²) in [5.74, 6) is -0.261. The monoisotopic (exact) mass is 127 g/mol. The van der Waals surface area contributed by atoms with E-state index in [1.165, 1.54) is 6.19 Å². The van der Waals surface area contributed by atoms with Gasteiger partial charge >= 0.3 is 0 Å². The molecule has 0 aromatic carbocycles. The maximum atomic E-state index is 10.4. The first-order chi connectivity index (χ1) is 4.31. The Labute approximate surface area is 53.6 Å². The van der Waals surface area contributed by atoms with Crippen molar-refractivity contribution in [3.05, 3.63) is 0 Å². The fraction of sp³-hybridized carbons (Fsp3) is 0.600. The highest BCUT2D eigenvalue weighted by atomic mass is 16.1. The minimum atomic E-state index is -0.261. The summed E-state index contributed by atoms with van der Waals surface area (Å²) in [6, 6.07) is 0. The molecule has 0 bridgehead atoms. The molecule has 9 heavy (non-hydrogen) atoms. The molecule has 0 rings (SSSR count). The number of nitriles is 1. The van der Waals surface area contributed by atoms with Crippen LogP contribution in [0.1, 0.15) is 12.8 Å². The number of rotatable bonds is 3. The molecule has 0 aromatic rings. The molecule has 0 heterocycles. The molecule has 50 valence electrons. The van der Waals surface area contributed by atoms with Gasteiger partial charge in [0.05, 0.1) is 0 Å². The molecular weight excluding hydrogens is 118 g/mol. The number of nitrogens with one attached hydrogen (secondary N) is 1. The standard InChI is InChI=1S/C5H9N3O/c6-3-1-2-5(9)8-4-7/h1-3,6H2,(H,8,9). The molecule has 1 amide bonds. The van der Waals surface area contributed by atoms with Crippen LogP contribution in [0.2, 0.25) is 0 Å². The zero-order valence-electron chi connectivity index (χ0n) is 5.05. The van der Waals surface area contributed by atoms with Crippen molar-refractivity contribution in [3.63, 3.8) is 0 Å². The first-order valence-corrected chi connectivity index (χ1v) is 2.69. The van der Waals surface area contributed by atoms with E-state index in [4.69, 9.17) is 11.0 Å². The summed E-state index contributed by atoms with van der Waals surface area (Å²) in [7, 11) is 0. The highest BCUT2D eigenvalue weighted by Crippen LogP contribution is 1.83. The van der Waals surface area contributed by atoms with Crippen molar-refractivity contribution in [3.8, 4) is 6.19 Å². The Balaban J connectivity index is 3.19. The summed E-state index contributed by atoms with van der Waals surface area (Å²) in [5.41, 5.74) is 5.11. The molecule has 0 saturated carbocycles. The first kappa shape index (κ1) is 7.92. The van der Waals surface area contributed by atoms with Gasteiger partial charge in [-0.05, 0) is 13.0 Å². The van der Waals surface area contributed by atoms with Gasteiger partial charge in [-0.2, -0.15) is 5.26 Å². The van der Waals surface area contributed by atoms with E-state index < -0.39 is 0 Å². The molecule has 0 spiro atoms. The number of nitrogens with two attached hydrogens (primary N) is 1. The third-order valence-electron chi connectivity index (χ3n) is 0.803. The van der Waals surface area contributed by atoms with E-state index in [-0.39, 0.29) is 5.91 Å². The minimum Gasteiger partial charge on any atom is -0.330 e. The van der Waals surface area contributed by atoms with E-state index in [2.05, 4.69) is 0 Å². The Morgan fingerprint density at radius 1 is 1.78 bits per heavy atom. The van der Waals surface area contributed by atoms with Crippen LogP contribution < -0.4 is 11.1 Å². The lowest BCUT2D eigenvalue weighted by molar-refractivity contribution is -0.120. The average molecular weight is 127 g/mol. The molecule has 0 unspecified atom stereocenters. The molecule has 0 aromatic heterocycles. The normalized spacial score (nSPS) is 8.00. The van der Waals surface area contributed by atoms with Crippen LogP contribution in [0.3, 0.4) is 0 Å². The molecule has 0 aliphatic heterocycles. The number of carbonyl (C=O) groups excluding carboxylic acids is 1. The smallest absolute Gasteiger partial charge is 0.233 e. The Hall–Kier alpha value is -1.08. The van der Waals surface area contributed by atoms with Gasteiger partial charge in [0.25, 0.3) is 0 Å². The van der Waals surface area contributed by atoms with Crippen molar-refractivity contribution >= 4 is 5.91 Å². The van der Waals surface area contributed by atoms with Crippen molar-refractivity contribution in [2.75, 3.05) is 6.54 Å². The Morgan fingerprint density at radius 2 is 2.44 bits per heavy atom. The predicted octanol–water partition coefficient (Wildman–Crippen LogP) is -0.677. The first-order valence-electron chi connectivity index (χ1n) is 2.69. The van der Waals surface area contributed by atoms with Crippen molar-refractivity contribution in [1.29, 1.82) is 5.26 Å². The number of nitrogens with zero attached hydrogens (tertiary/aromatic N) is 1. The van der Waals surface area contributed by atoms with E-state index in [0.717, 1.165) is 0 Å². The second-order valence-corrected chi connectivity index (χ2v) is 1.55. The minimum absolute atomic E-state index is 0.261. The summed E-state index contributed by atoms with van der Waals surface area (Å²) in [6.45, 7) is 0.485. The van der Waals surface area contributed by atoms with Crippen LogP contribution in [0, 0.1) is 11.5 Å². The highest BCUT2D eigenvalue weighted by molar-refractivity contribution is 5.77. The SMILES string of the molecule is N#CNC(=O)CCCN. The molecule has 0 atom stereocenters. The van der Waals surface area contributed by atoms with Gasteiger partial charge in [0.1, 0.15) is 0 Å². The van der Waals surface area contributed by atoms with Gasteiger partial charge in [0, 0.05) is 6.42 Å². The summed E-state index contributed by atoms with van der Waals surface area (Å²) in [6.07, 6.45) is 2.51. The molecule has 0 radical (unpaired) electrons. The van der Waals surface area contributed by atoms with Crippen LogP contribution in [0.25, 0.3) is 0 Å². The van der Waals surface area contributed by atoms with Gasteiger partial charge in [-0.25, -0.2) is 0 Å². The van der Waals surface area contributed by atoms with Crippen LogP contribution in [0.5, 0.6) is 0 Å². The number of hydrogen-bond acceptors (Lipinski definition) is 3. The molecule has 0 aliphatic rings. The quantitative estimate of drug-likeness (QED) is 0.389. The highest BCUT2D eigenvalue weighted by Gasteiger charge is 1.95. The van der Waals surface area contributed by atoms with Crippen molar-refractivity contribution in [2.45, 2.75) is 12.8 Å². The third-order valence-corrected chi connectivity index (χ3v) is 0.803. The third kappa shape index (κ3) is 4.78. The fourth-order valence-electron chi connectivity index (χ4n) is 0.387. The lowest BCUT2D eigenvalue weighted by Crippen LogP contribution is -2.17. The van der Waals surface area contributed by atoms with Gasteiger partial charge in [0.2, 0.25) is 5.91 Å². The lowest BCUT2D eigenvalue weighted by atomic mass is 10.3.